The van der Waals surface area contributed by atoms with Gasteiger partial charge >= 0.3 is 0 Å². The standard InChI is InChI=1S/C10H10N4O/c1-6-8(7-4-2-3-5-12-7)13-10(11)14-9(6)15/h2-5H,1H3,(H3,11,13,14,15). The molecule has 0 aromatic carbocycles. The summed E-state index contributed by atoms with van der Waals surface area (Å²) in [7, 11) is 0. The van der Waals surface area contributed by atoms with Crippen molar-refractivity contribution in [1.82, 2.24) is 15.0 Å². The van der Waals surface area contributed by atoms with Crippen LogP contribution in [0.25, 0.3) is 11.4 Å². The zero-order valence-corrected chi connectivity index (χ0v) is 8.19. The van der Waals surface area contributed by atoms with E-state index in [-0.39, 0.29) is 11.5 Å². The summed E-state index contributed by atoms with van der Waals surface area (Å²) in [6, 6.07) is 5.42. The Morgan fingerprint density at radius 3 is 2.87 bits per heavy atom. The van der Waals surface area contributed by atoms with Crippen molar-refractivity contribution < 1.29 is 0 Å². The molecular formula is C10H10N4O. The number of anilines is 1. The fourth-order valence-electron chi connectivity index (χ4n) is 1.30. The van der Waals surface area contributed by atoms with E-state index < -0.39 is 0 Å². The zero-order valence-electron chi connectivity index (χ0n) is 8.19. The van der Waals surface area contributed by atoms with Gasteiger partial charge in [0.1, 0.15) is 5.69 Å². The number of nitrogen functional groups attached to an aromatic ring is 1. The lowest BCUT2D eigenvalue weighted by atomic mass is 10.2. The first kappa shape index (κ1) is 9.39. The molecule has 0 unspecified atom stereocenters. The summed E-state index contributed by atoms with van der Waals surface area (Å²) >= 11 is 0. The number of nitrogens with one attached hydrogen (secondary N) is 1. The first-order chi connectivity index (χ1) is 7.18. The van der Waals surface area contributed by atoms with Crippen LogP contribution in [0.5, 0.6) is 0 Å². The van der Waals surface area contributed by atoms with Crippen molar-refractivity contribution in [3.05, 3.63) is 40.3 Å². The quantitative estimate of drug-likeness (QED) is 0.713. The van der Waals surface area contributed by atoms with Gasteiger partial charge in [-0.1, -0.05) is 6.07 Å². The maximum atomic E-state index is 11.4. The average Bonchev–Trinajstić information content (AvgIpc) is 2.24. The summed E-state index contributed by atoms with van der Waals surface area (Å²) in [5, 5.41) is 0. The minimum atomic E-state index is -0.233. The van der Waals surface area contributed by atoms with Gasteiger partial charge in [-0.2, -0.15) is 0 Å². The van der Waals surface area contributed by atoms with E-state index in [1.54, 1.807) is 25.3 Å². The summed E-state index contributed by atoms with van der Waals surface area (Å²) < 4.78 is 0. The molecule has 0 fully saturated rings. The van der Waals surface area contributed by atoms with Gasteiger partial charge in [-0.05, 0) is 19.1 Å². The number of rotatable bonds is 1. The number of pyridine rings is 1. The highest BCUT2D eigenvalue weighted by Gasteiger charge is 2.08. The Balaban J connectivity index is 2.68. The van der Waals surface area contributed by atoms with Crippen LogP contribution in [-0.4, -0.2) is 15.0 Å². The summed E-state index contributed by atoms with van der Waals surface area (Å²) in [4.78, 5) is 22.0. The molecular weight excluding hydrogens is 192 g/mol. The number of hydrogen-bond donors (Lipinski definition) is 2. The van der Waals surface area contributed by atoms with Crippen LogP contribution in [0, 0.1) is 6.92 Å². The topological polar surface area (TPSA) is 84.7 Å². The minimum Gasteiger partial charge on any atom is -0.369 e. The Hall–Kier alpha value is -2.17. The fraction of sp³-hybridized carbons (Fsp3) is 0.100. The molecule has 0 bridgehead atoms. The van der Waals surface area contributed by atoms with Crippen LogP contribution in [0.15, 0.2) is 29.2 Å². The molecule has 0 saturated carbocycles. The monoisotopic (exact) mass is 202 g/mol. The Labute approximate surface area is 86.0 Å². The number of nitrogens with zero attached hydrogens (tertiary/aromatic N) is 2. The molecule has 2 aromatic rings. The smallest absolute Gasteiger partial charge is 0.255 e. The van der Waals surface area contributed by atoms with Crippen molar-refractivity contribution in [1.29, 1.82) is 0 Å². The number of H-pyrrole nitrogens is 1. The summed E-state index contributed by atoms with van der Waals surface area (Å²) in [5.41, 5.74) is 6.93. The zero-order chi connectivity index (χ0) is 10.8. The normalized spacial score (nSPS) is 10.2. The molecule has 0 spiro atoms. The molecule has 5 heteroatoms. The Morgan fingerprint density at radius 1 is 1.40 bits per heavy atom. The van der Waals surface area contributed by atoms with Crippen molar-refractivity contribution in [2.24, 2.45) is 0 Å². The predicted octanol–water partition coefficient (Wildman–Crippen LogP) is 0.723. The van der Waals surface area contributed by atoms with Gasteiger partial charge in [-0.15, -0.1) is 0 Å². The van der Waals surface area contributed by atoms with Crippen LogP contribution in [0.2, 0.25) is 0 Å². The van der Waals surface area contributed by atoms with Crippen LogP contribution in [-0.2, 0) is 0 Å². The third-order valence-corrected chi connectivity index (χ3v) is 2.08. The minimum absolute atomic E-state index is 0.103. The van der Waals surface area contributed by atoms with Gasteiger partial charge in [-0.25, -0.2) is 4.98 Å². The molecule has 2 heterocycles. The molecule has 3 N–H and O–H groups in total. The lowest BCUT2D eigenvalue weighted by molar-refractivity contribution is 1.09. The van der Waals surface area contributed by atoms with Gasteiger partial charge in [0, 0.05) is 11.8 Å². The van der Waals surface area contributed by atoms with E-state index in [4.69, 9.17) is 5.73 Å². The second kappa shape index (κ2) is 3.53. The molecule has 0 saturated heterocycles. The number of aromatic amines is 1. The fourth-order valence-corrected chi connectivity index (χ4v) is 1.30. The molecule has 0 atom stereocenters. The van der Waals surface area contributed by atoms with Crippen molar-refractivity contribution in [3.8, 4) is 11.4 Å². The highest BCUT2D eigenvalue weighted by Crippen LogP contribution is 2.15. The SMILES string of the molecule is Cc1c(-c2ccccn2)nc(N)[nH]c1=O. The highest BCUT2D eigenvalue weighted by atomic mass is 16.1. The van der Waals surface area contributed by atoms with Gasteiger partial charge < -0.3 is 5.73 Å². The van der Waals surface area contributed by atoms with Crippen molar-refractivity contribution >= 4 is 5.95 Å². The van der Waals surface area contributed by atoms with E-state index in [1.165, 1.54) is 0 Å². The second-order valence-corrected chi connectivity index (χ2v) is 3.14. The first-order valence-electron chi connectivity index (χ1n) is 4.46. The third kappa shape index (κ3) is 1.71. The molecule has 0 amide bonds. The molecule has 15 heavy (non-hydrogen) atoms. The number of aromatic nitrogens is 3. The van der Waals surface area contributed by atoms with Gasteiger partial charge in [0.2, 0.25) is 5.95 Å². The molecule has 0 radical (unpaired) electrons. The molecule has 0 aliphatic rings. The first-order valence-corrected chi connectivity index (χ1v) is 4.46. The predicted molar refractivity (Wildman–Crippen MR) is 57.2 cm³/mol. The lowest BCUT2D eigenvalue weighted by Crippen LogP contribution is -2.15. The second-order valence-electron chi connectivity index (χ2n) is 3.14. The molecule has 2 aromatic heterocycles. The van der Waals surface area contributed by atoms with E-state index >= 15 is 0 Å². The van der Waals surface area contributed by atoms with E-state index in [9.17, 15) is 4.79 Å². The maximum absolute atomic E-state index is 11.4. The highest BCUT2D eigenvalue weighted by molar-refractivity contribution is 5.58. The largest absolute Gasteiger partial charge is 0.369 e. The molecule has 0 aliphatic heterocycles. The molecule has 2 rings (SSSR count). The summed E-state index contributed by atoms with van der Waals surface area (Å²) in [6.45, 7) is 1.69. The Kier molecular flexibility index (Phi) is 2.21. The van der Waals surface area contributed by atoms with Crippen LogP contribution < -0.4 is 11.3 Å². The number of hydrogen-bond acceptors (Lipinski definition) is 4. The van der Waals surface area contributed by atoms with Gasteiger partial charge in [-0.3, -0.25) is 14.8 Å². The summed E-state index contributed by atoms with van der Waals surface area (Å²) in [6.07, 6.45) is 1.65. The molecule has 76 valence electrons. The van der Waals surface area contributed by atoms with Crippen LogP contribution >= 0.6 is 0 Å². The Bertz CT molecular complexity index is 533. The summed E-state index contributed by atoms with van der Waals surface area (Å²) in [5.74, 6) is 0.103. The van der Waals surface area contributed by atoms with Gasteiger partial charge in [0.25, 0.3) is 5.56 Å². The van der Waals surface area contributed by atoms with Crippen molar-refractivity contribution in [3.63, 3.8) is 0 Å². The van der Waals surface area contributed by atoms with Crippen LogP contribution in [0.3, 0.4) is 0 Å². The number of nitrogens with two attached hydrogens (primary N) is 1. The van der Waals surface area contributed by atoms with Crippen LogP contribution in [0.1, 0.15) is 5.56 Å². The third-order valence-electron chi connectivity index (χ3n) is 2.08. The molecule has 5 nitrogen and oxygen atoms in total. The maximum Gasteiger partial charge on any atom is 0.255 e. The average molecular weight is 202 g/mol. The van der Waals surface area contributed by atoms with E-state index in [1.807, 2.05) is 6.07 Å². The van der Waals surface area contributed by atoms with Gasteiger partial charge in [0.05, 0.1) is 5.69 Å². The van der Waals surface area contributed by atoms with E-state index in [0.29, 0.717) is 17.0 Å². The van der Waals surface area contributed by atoms with Gasteiger partial charge in [0.15, 0.2) is 0 Å². The van der Waals surface area contributed by atoms with Crippen molar-refractivity contribution in [2.75, 3.05) is 5.73 Å². The Morgan fingerprint density at radius 2 is 2.20 bits per heavy atom. The van der Waals surface area contributed by atoms with Crippen molar-refractivity contribution in [2.45, 2.75) is 6.92 Å². The van der Waals surface area contributed by atoms with Crippen LogP contribution in [0.4, 0.5) is 5.95 Å². The van der Waals surface area contributed by atoms with E-state index in [2.05, 4.69) is 15.0 Å². The lowest BCUT2D eigenvalue weighted by Gasteiger charge is -2.03. The molecule has 0 aliphatic carbocycles. The van der Waals surface area contributed by atoms with E-state index in [0.717, 1.165) is 0 Å².